The third-order valence-corrected chi connectivity index (χ3v) is 5.48. The van der Waals surface area contributed by atoms with Crippen molar-refractivity contribution in [3.05, 3.63) is 54.4 Å². The maximum absolute atomic E-state index is 12.0. The second-order valence-electron chi connectivity index (χ2n) is 7.40. The summed E-state index contributed by atoms with van der Waals surface area (Å²) in [5, 5.41) is 0. The molecule has 0 amide bonds. The van der Waals surface area contributed by atoms with Crippen LogP contribution < -0.4 is 4.90 Å². The van der Waals surface area contributed by atoms with Gasteiger partial charge in [0.05, 0.1) is 36.9 Å². The number of hydrogen-bond acceptors (Lipinski definition) is 7. The van der Waals surface area contributed by atoms with Crippen LogP contribution in [-0.4, -0.2) is 72.8 Å². The molecular formula is C23H27ClN4O4. The van der Waals surface area contributed by atoms with Gasteiger partial charge in [0, 0.05) is 37.6 Å². The van der Waals surface area contributed by atoms with Gasteiger partial charge >= 0.3 is 11.9 Å². The van der Waals surface area contributed by atoms with E-state index in [1.165, 1.54) is 7.11 Å². The summed E-state index contributed by atoms with van der Waals surface area (Å²) in [6, 6.07) is 13.7. The van der Waals surface area contributed by atoms with Gasteiger partial charge in [-0.3, -0.25) is 14.3 Å². The topological polar surface area (TPSA) is 76.9 Å². The molecule has 1 aliphatic rings. The number of esters is 2. The van der Waals surface area contributed by atoms with E-state index < -0.39 is 0 Å². The maximum Gasteiger partial charge on any atom is 0.338 e. The summed E-state index contributed by atoms with van der Waals surface area (Å²) in [4.78, 5) is 32.4. The summed E-state index contributed by atoms with van der Waals surface area (Å²) in [5.74, 6) is -0.541. The molecule has 3 aromatic rings. The molecule has 2 heterocycles. The van der Waals surface area contributed by atoms with E-state index in [4.69, 9.17) is 9.47 Å². The van der Waals surface area contributed by atoms with Crippen LogP contribution in [0.1, 0.15) is 17.3 Å². The first-order valence-corrected chi connectivity index (χ1v) is 10.4. The van der Waals surface area contributed by atoms with Crippen LogP contribution in [0.5, 0.6) is 0 Å². The Balaban J connectivity index is 0.00000289. The third kappa shape index (κ3) is 5.03. The van der Waals surface area contributed by atoms with Gasteiger partial charge in [0.15, 0.2) is 0 Å². The van der Waals surface area contributed by atoms with Crippen LogP contribution in [0, 0.1) is 0 Å². The van der Waals surface area contributed by atoms with Crippen LogP contribution in [0.2, 0.25) is 0 Å². The predicted octanol–water partition coefficient (Wildman–Crippen LogP) is 2.92. The number of halogens is 1. The number of rotatable bonds is 6. The quantitative estimate of drug-likeness (QED) is 0.525. The molecule has 0 atom stereocenters. The van der Waals surface area contributed by atoms with Crippen molar-refractivity contribution >= 4 is 41.1 Å². The van der Waals surface area contributed by atoms with E-state index in [1.807, 2.05) is 22.8 Å². The van der Waals surface area contributed by atoms with Crippen molar-refractivity contribution in [2.24, 2.45) is 0 Å². The van der Waals surface area contributed by atoms with Gasteiger partial charge in [-0.1, -0.05) is 6.07 Å². The van der Waals surface area contributed by atoms with Crippen molar-refractivity contribution in [1.29, 1.82) is 0 Å². The largest absolute Gasteiger partial charge is 0.468 e. The molecule has 9 heteroatoms. The SMILES string of the molecule is CCOC(=O)c1ccc2c(c1)ncn2-c1cccc(N2CCN(CC(=O)OC)CC2)c1.Cl. The molecule has 0 saturated carbocycles. The average Bonchev–Trinajstić information content (AvgIpc) is 3.23. The monoisotopic (exact) mass is 458 g/mol. The minimum Gasteiger partial charge on any atom is -0.468 e. The van der Waals surface area contributed by atoms with E-state index in [1.54, 1.807) is 25.4 Å². The number of piperazine rings is 1. The normalized spacial score (nSPS) is 14.1. The van der Waals surface area contributed by atoms with Crippen LogP contribution in [-0.2, 0) is 14.3 Å². The molecule has 0 radical (unpaired) electrons. The van der Waals surface area contributed by atoms with Crippen molar-refractivity contribution in [3.63, 3.8) is 0 Å². The van der Waals surface area contributed by atoms with E-state index >= 15 is 0 Å². The number of carbonyl (C=O) groups is 2. The molecule has 1 aliphatic heterocycles. The highest BCUT2D eigenvalue weighted by Crippen LogP contribution is 2.24. The Labute approximate surface area is 193 Å². The minimum atomic E-state index is -0.340. The lowest BCUT2D eigenvalue weighted by Crippen LogP contribution is -2.48. The lowest BCUT2D eigenvalue weighted by molar-refractivity contribution is -0.142. The minimum absolute atomic E-state index is 0. The Bertz CT molecular complexity index is 1090. The van der Waals surface area contributed by atoms with Crippen LogP contribution in [0.4, 0.5) is 5.69 Å². The first-order chi connectivity index (χ1) is 15.1. The van der Waals surface area contributed by atoms with E-state index in [-0.39, 0.29) is 24.3 Å². The van der Waals surface area contributed by atoms with Gasteiger partial charge in [-0.25, -0.2) is 9.78 Å². The van der Waals surface area contributed by atoms with Crippen LogP contribution in [0.25, 0.3) is 16.7 Å². The summed E-state index contributed by atoms with van der Waals surface area (Å²) in [5.41, 5.74) is 4.29. The number of carbonyl (C=O) groups excluding carboxylic acids is 2. The smallest absolute Gasteiger partial charge is 0.338 e. The molecule has 8 nitrogen and oxygen atoms in total. The highest BCUT2D eigenvalue weighted by atomic mass is 35.5. The molecule has 32 heavy (non-hydrogen) atoms. The van der Waals surface area contributed by atoms with Crippen LogP contribution in [0.3, 0.4) is 0 Å². The number of nitrogens with zero attached hydrogens (tertiary/aromatic N) is 4. The molecule has 0 bridgehead atoms. The highest BCUT2D eigenvalue weighted by Gasteiger charge is 2.20. The molecule has 1 saturated heterocycles. The van der Waals surface area contributed by atoms with Crippen LogP contribution >= 0.6 is 12.4 Å². The van der Waals surface area contributed by atoms with Crippen molar-refractivity contribution in [1.82, 2.24) is 14.5 Å². The molecule has 1 fully saturated rings. The van der Waals surface area contributed by atoms with Gasteiger partial charge in [0.2, 0.25) is 0 Å². The first-order valence-electron chi connectivity index (χ1n) is 10.4. The van der Waals surface area contributed by atoms with E-state index in [0.29, 0.717) is 18.7 Å². The van der Waals surface area contributed by atoms with Gasteiger partial charge in [-0.2, -0.15) is 0 Å². The Morgan fingerprint density at radius 2 is 1.78 bits per heavy atom. The lowest BCUT2D eigenvalue weighted by atomic mass is 10.2. The molecule has 0 N–H and O–H groups in total. The van der Waals surface area contributed by atoms with Crippen molar-refractivity contribution in [3.8, 4) is 5.69 Å². The number of aromatic nitrogens is 2. The summed E-state index contributed by atoms with van der Waals surface area (Å²) >= 11 is 0. The molecule has 170 valence electrons. The van der Waals surface area contributed by atoms with Crippen LogP contribution in [0.15, 0.2) is 48.8 Å². The van der Waals surface area contributed by atoms with E-state index in [9.17, 15) is 9.59 Å². The number of anilines is 1. The zero-order valence-corrected chi connectivity index (χ0v) is 19.0. The summed E-state index contributed by atoms with van der Waals surface area (Å²) in [6.45, 7) is 5.77. The van der Waals surface area contributed by atoms with Gasteiger partial charge in [-0.05, 0) is 43.3 Å². The fraction of sp³-hybridized carbons (Fsp3) is 0.348. The van der Waals surface area contributed by atoms with Crippen molar-refractivity contribution in [2.75, 3.05) is 51.3 Å². The first kappa shape index (κ1) is 23.6. The third-order valence-electron chi connectivity index (χ3n) is 5.48. The summed E-state index contributed by atoms with van der Waals surface area (Å²) in [7, 11) is 1.42. The Kier molecular flexibility index (Phi) is 7.71. The molecular weight excluding hydrogens is 432 g/mol. The number of fused-ring (bicyclic) bond motifs is 1. The zero-order chi connectivity index (χ0) is 21.8. The molecule has 1 aromatic heterocycles. The second kappa shape index (κ2) is 10.5. The molecule has 4 rings (SSSR count). The fourth-order valence-electron chi connectivity index (χ4n) is 3.81. The van der Waals surface area contributed by atoms with Gasteiger partial charge < -0.3 is 14.4 Å². The van der Waals surface area contributed by atoms with Crippen molar-refractivity contribution in [2.45, 2.75) is 6.92 Å². The summed E-state index contributed by atoms with van der Waals surface area (Å²) in [6.07, 6.45) is 1.77. The maximum atomic E-state index is 12.0. The van der Waals surface area contributed by atoms with Gasteiger partial charge in [0.1, 0.15) is 6.33 Å². The Morgan fingerprint density at radius 1 is 1.03 bits per heavy atom. The molecule has 2 aromatic carbocycles. The fourth-order valence-corrected chi connectivity index (χ4v) is 3.81. The van der Waals surface area contributed by atoms with E-state index in [2.05, 4.69) is 26.9 Å². The Hall–Kier alpha value is -3.10. The molecule has 0 spiro atoms. The molecule has 0 unspecified atom stereocenters. The average molecular weight is 459 g/mol. The lowest BCUT2D eigenvalue weighted by Gasteiger charge is -2.35. The number of imidazole rings is 1. The Morgan fingerprint density at radius 3 is 2.50 bits per heavy atom. The second-order valence-corrected chi connectivity index (χ2v) is 7.40. The van der Waals surface area contributed by atoms with Gasteiger partial charge in [-0.15, -0.1) is 12.4 Å². The highest BCUT2D eigenvalue weighted by molar-refractivity contribution is 5.94. The predicted molar refractivity (Wildman–Crippen MR) is 125 cm³/mol. The number of ether oxygens (including phenoxy) is 2. The zero-order valence-electron chi connectivity index (χ0n) is 18.2. The van der Waals surface area contributed by atoms with E-state index in [0.717, 1.165) is 48.6 Å². The molecule has 0 aliphatic carbocycles. The van der Waals surface area contributed by atoms with Gasteiger partial charge in [0.25, 0.3) is 0 Å². The number of hydrogen-bond donors (Lipinski definition) is 0. The number of benzene rings is 2. The van der Waals surface area contributed by atoms with Crippen molar-refractivity contribution < 1.29 is 19.1 Å². The summed E-state index contributed by atoms with van der Waals surface area (Å²) < 4.78 is 11.9. The standard InChI is InChI=1S/C23H26N4O4.ClH/c1-3-31-23(29)17-7-8-21-20(13-17)24-16-27(21)19-6-4-5-18(14-19)26-11-9-25(10-12-26)15-22(28)30-2;/h4-8,13-14,16H,3,9-12,15H2,1-2H3;1H. The number of methoxy groups -OCH3 is 1.